The summed E-state index contributed by atoms with van der Waals surface area (Å²) in [6.45, 7) is 4.18. The van der Waals surface area contributed by atoms with E-state index in [1.165, 1.54) is 12.5 Å². The molecule has 1 saturated heterocycles. The Kier molecular flexibility index (Phi) is 4.99. The van der Waals surface area contributed by atoms with Gasteiger partial charge in [-0.2, -0.15) is 32.9 Å². The molecule has 0 aliphatic carbocycles. The molecule has 0 N–H and O–H groups in total. The number of anilines is 1. The van der Waals surface area contributed by atoms with Gasteiger partial charge < -0.3 is 9.80 Å². The van der Waals surface area contributed by atoms with Gasteiger partial charge in [0, 0.05) is 49.7 Å². The van der Waals surface area contributed by atoms with Crippen molar-refractivity contribution < 1.29 is 18.0 Å². The summed E-state index contributed by atoms with van der Waals surface area (Å²) in [5.74, 6) is 1.28. The number of hydrogen-bond donors (Lipinski definition) is 0. The number of carbonyl (C=O) groups excluding carboxylic acids is 1. The van der Waals surface area contributed by atoms with Crippen LogP contribution < -0.4 is 4.90 Å². The quantitative estimate of drug-likeness (QED) is 0.471. The molecule has 9 nitrogen and oxygen atoms in total. The summed E-state index contributed by atoms with van der Waals surface area (Å²) in [5, 5.41) is 7.79. The molecule has 0 atom stereocenters. The smallest absolute Gasteiger partial charge is 0.353 e. The van der Waals surface area contributed by atoms with Gasteiger partial charge in [-0.05, 0) is 37.3 Å². The number of aryl methyl sites for hydroxylation is 1. The van der Waals surface area contributed by atoms with Crippen molar-refractivity contribution >= 4 is 17.5 Å². The summed E-state index contributed by atoms with van der Waals surface area (Å²) < 4.78 is 41.1. The normalized spacial score (nSPS) is 14.8. The highest BCUT2D eigenvalue weighted by Gasteiger charge is 2.33. The summed E-state index contributed by atoms with van der Waals surface area (Å²) >= 11 is 0. The maximum atomic E-state index is 13.0. The van der Waals surface area contributed by atoms with E-state index in [0.29, 0.717) is 43.2 Å². The van der Waals surface area contributed by atoms with E-state index < -0.39 is 11.9 Å². The summed E-state index contributed by atoms with van der Waals surface area (Å²) in [5.41, 5.74) is 0.780. The van der Waals surface area contributed by atoms with Crippen molar-refractivity contribution in [1.29, 1.82) is 0 Å². The Morgan fingerprint density at radius 3 is 2.42 bits per heavy atom. The van der Waals surface area contributed by atoms with Crippen LogP contribution in [0.1, 0.15) is 21.7 Å². The van der Waals surface area contributed by atoms with Crippen molar-refractivity contribution in [3.8, 4) is 5.69 Å². The van der Waals surface area contributed by atoms with E-state index in [0.717, 1.165) is 22.3 Å². The number of amides is 1. The molecule has 0 saturated carbocycles. The van der Waals surface area contributed by atoms with Gasteiger partial charge in [0.05, 0.1) is 5.69 Å². The van der Waals surface area contributed by atoms with Crippen LogP contribution in [0.3, 0.4) is 0 Å². The minimum Gasteiger partial charge on any atom is -0.353 e. The van der Waals surface area contributed by atoms with E-state index in [1.54, 1.807) is 33.7 Å². The second-order valence-electron chi connectivity index (χ2n) is 7.70. The van der Waals surface area contributed by atoms with Gasteiger partial charge in [-0.25, -0.2) is 9.67 Å². The summed E-state index contributed by atoms with van der Waals surface area (Å²) in [6, 6.07) is 9.22. The number of carbonyl (C=O) groups is 1. The number of aromatic nitrogens is 6. The zero-order valence-electron chi connectivity index (χ0n) is 17.6. The SMILES string of the molecule is Cc1cc(N2CCN(C(=O)c3ccc(-n4ccc(C(F)(F)F)n4)cc3)CC2)n2ncnc2n1. The minimum absolute atomic E-state index is 0.130. The first kappa shape index (κ1) is 20.9. The monoisotopic (exact) mass is 456 g/mol. The third kappa shape index (κ3) is 3.99. The van der Waals surface area contributed by atoms with Crippen molar-refractivity contribution in [2.75, 3.05) is 31.1 Å². The van der Waals surface area contributed by atoms with Gasteiger partial charge in [-0.1, -0.05) is 0 Å². The summed E-state index contributed by atoms with van der Waals surface area (Å²) in [7, 11) is 0. The van der Waals surface area contributed by atoms with Crippen LogP contribution >= 0.6 is 0 Å². The molecule has 5 rings (SSSR count). The van der Waals surface area contributed by atoms with Gasteiger partial charge in [0.15, 0.2) is 5.69 Å². The van der Waals surface area contributed by atoms with Gasteiger partial charge >= 0.3 is 6.18 Å². The lowest BCUT2D eigenvalue weighted by atomic mass is 10.1. The zero-order valence-corrected chi connectivity index (χ0v) is 17.6. The van der Waals surface area contributed by atoms with E-state index in [2.05, 4.69) is 25.1 Å². The van der Waals surface area contributed by atoms with Crippen LogP contribution in [0.4, 0.5) is 19.0 Å². The van der Waals surface area contributed by atoms with E-state index in [-0.39, 0.29) is 5.91 Å². The molecule has 170 valence electrons. The molecule has 4 aromatic rings. The first-order valence-corrected chi connectivity index (χ1v) is 10.2. The number of nitrogens with zero attached hydrogens (tertiary/aromatic N) is 8. The lowest BCUT2D eigenvalue weighted by Crippen LogP contribution is -2.49. The molecule has 1 fully saturated rings. The highest BCUT2D eigenvalue weighted by Crippen LogP contribution is 2.28. The van der Waals surface area contributed by atoms with Crippen molar-refractivity contribution in [2.45, 2.75) is 13.1 Å². The maximum absolute atomic E-state index is 13.0. The van der Waals surface area contributed by atoms with Crippen molar-refractivity contribution in [1.82, 2.24) is 34.3 Å². The number of piperazine rings is 1. The Balaban J connectivity index is 1.26. The second kappa shape index (κ2) is 7.87. The Morgan fingerprint density at radius 1 is 1.03 bits per heavy atom. The highest BCUT2D eigenvalue weighted by molar-refractivity contribution is 5.94. The van der Waals surface area contributed by atoms with Crippen LogP contribution in [0.25, 0.3) is 11.5 Å². The Labute approximate surface area is 186 Å². The lowest BCUT2D eigenvalue weighted by Gasteiger charge is -2.36. The van der Waals surface area contributed by atoms with Crippen LogP contribution in [-0.4, -0.2) is 66.3 Å². The fraction of sp³-hybridized carbons (Fsp3) is 0.286. The number of benzene rings is 1. The van der Waals surface area contributed by atoms with Gasteiger partial charge in [0.2, 0.25) is 0 Å². The van der Waals surface area contributed by atoms with Crippen LogP contribution in [-0.2, 0) is 6.18 Å². The fourth-order valence-corrected chi connectivity index (χ4v) is 3.83. The van der Waals surface area contributed by atoms with E-state index in [9.17, 15) is 18.0 Å². The highest BCUT2D eigenvalue weighted by atomic mass is 19.4. The molecule has 1 aliphatic rings. The molecule has 0 radical (unpaired) electrons. The van der Waals surface area contributed by atoms with E-state index >= 15 is 0 Å². The predicted molar refractivity (Wildman–Crippen MR) is 112 cm³/mol. The molecule has 4 heterocycles. The average Bonchev–Trinajstić information content (AvgIpc) is 3.48. The molecular weight excluding hydrogens is 437 g/mol. The molecule has 3 aromatic heterocycles. The van der Waals surface area contributed by atoms with Crippen molar-refractivity contribution in [3.05, 3.63) is 65.9 Å². The maximum Gasteiger partial charge on any atom is 0.435 e. The molecular formula is C21H19F3N8O. The van der Waals surface area contributed by atoms with Crippen LogP contribution in [0, 0.1) is 6.92 Å². The largest absolute Gasteiger partial charge is 0.435 e. The first-order chi connectivity index (χ1) is 15.8. The van der Waals surface area contributed by atoms with Gasteiger partial charge in [0.25, 0.3) is 11.7 Å². The average molecular weight is 456 g/mol. The fourth-order valence-electron chi connectivity index (χ4n) is 3.83. The molecule has 0 spiro atoms. The van der Waals surface area contributed by atoms with Crippen molar-refractivity contribution in [3.63, 3.8) is 0 Å². The first-order valence-electron chi connectivity index (χ1n) is 10.2. The molecule has 1 amide bonds. The van der Waals surface area contributed by atoms with Gasteiger partial charge in [-0.3, -0.25) is 4.79 Å². The number of halogens is 3. The Morgan fingerprint density at radius 2 is 1.76 bits per heavy atom. The Bertz CT molecular complexity index is 1300. The van der Waals surface area contributed by atoms with Crippen LogP contribution in [0.5, 0.6) is 0 Å². The second-order valence-corrected chi connectivity index (χ2v) is 7.70. The molecule has 1 aromatic carbocycles. The van der Waals surface area contributed by atoms with Crippen LogP contribution in [0.15, 0.2) is 48.9 Å². The van der Waals surface area contributed by atoms with Crippen LogP contribution in [0.2, 0.25) is 0 Å². The third-order valence-electron chi connectivity index (χ3n) is 5.51. The third-order valence-corrected chi connectivity index (χ3v) is 5.51. The predicted octanol–water partition coefficient (Wildman–Crippen LogP) is 2.60. The molecule has 0 bridgehead atoms. The standard InChI is InChI=1S/C21H19F3N8O/c1-14-12-18(32-20(27-14)25-13-26-32)29-8-10-30(11-9-29)19(33)15-2-4-16(5-3-15)31-7-6-17(28-31)21(22,23)24/h2-7,12-13H,8-11H2,1H3. The van der Waals surface area contributed by atoms with Crippen molar-refractivity contribution in [2.24, 2.45) is 0 Å². The summed E-state index contributed by atoms with van der Waals surface area (Å²) in [4.78, 5) is 25.3. The number of alkyl halides is 3. The molecule has 0 unspecified atom stereocenters. The lowest BCUT2D eigenvalue weighted by molar-refractivity contribution is -0.141. The topological polar surface area (TPSA) is 84.5 Å². The van der Waals surface area contributed by atoms with Gasteiger partial charge in [0.1, 0.15) is 12.1 Å². The molecule has 1 aliphatic heterocycles. The molecule has 12 heteroatoms. The number of fused-ring (bicyclic) bond motifs is 1. The number of rotatable bonds is 3. The molecule has 33 heavy (non-hydrogen) atoms. The minimum atomic E-state index is -4.50. The van der Waals surface area contributed by atoms with E-state index in [1.807, 2.05) is 13.0 Å². The Hall–Kier alpha value is -3.96. The van der Waals surface area contributed by atoms with Gasteiger partial charge in [-0.15, -0.1) is 0 Å². The zero-order chi connectivity index (χ0) is 23.2. The van der Waals surface area contributed by atoms with E-state index in [4.69, 9.17) is 0 Å². The number of hydrogen-bond acceptors (Lipinski definition) is 6. The summed E-state index contributed by atoms with van der Waals surface area (Å²) in [6.07, 6.45) is -1.80.